The van der Waals surface area contributed by atoms with Crippen LogP contribution in [0.25, 0.3) is 5.69 Å². The second kappa shape index (κ2) is 11.7. The number of rotatable bonds is 10. The van der Waals surface area contributed by atoms with Crippen LogP contribution < -0.4 is 9.47 Å². The highest BCUT2D eigenvalue weighted by Gasteiger charge is 2.19. The van der Waals surface area contributed by atoms with Crippen LogP contribution in [0.3, 0.4) is 0 Å². The van der Waals surface area contributed by atoms with Gasteiger partial charge in [-0.2, -0.15) is 5.10 Å². The second-order valence-electron chi connectivity index (χ2n) is 9.07. The van der Waals surface area contributed by atoms with Crippen molar-refractivity contribution in [3.63, 3.8) is 0 Å². The fraction of sp³-hybridized carbons (Fsp3) is 0.241. The van der Waals surface area contributed by atoms with Crippen LogP contribution in [0, 0.1) is 6.92 Å². The molecule has 0 aliphatic carbocycles. The van der Waals surface area contributed by atoms with Gasteiger partial charge in [0.25, 0.3) is 0 Å². The minimum atomic E-state index is -0.873. The molecule has 0 saturated heterocycles. The van der Waals surface area contributed by atoms with Crippen LogP contribution in [-0.2, 0) is 24.4 Å². The SMILES string of the molecule is Cc1cc(OCc2c(C(C)C)cnn2-c2c(Cl)cccc2Cl)ccc1COc1cccc(CC(=O)O)c1. The first kappa shape index (κ1) is 26.6. The molecule has 1 heterocycles. The van der Waals surface area contributed by atoms with Gasteiger partial charge in [0.1, 0.15) is 30.4 Å². The molecule has 0 fully saturated rings. The molecule has 8 heteroatoms. The van der Waals surface area contributed by atoms with Crippen molar-refractivity contribution in [3.8, 4) is 17.2 Å². The minimum Gasteiger partial charge on any atom is -0.489 e. The van der Waals surface area contributed by atoms with E-state index in [2.05, 4.69) is 18.9 Å². The monoisotopic (exact) mass is 538 g/mol. The number of nitrogens with zero attached hydrogens (tertiary/aromatic N) is 2. The Kier molecular flexibility index (Phi) is 8.41. The van der Waals surface area contributed by atoms with E-state index in [4.69, 9.17) is 37.8 Å². The zero-order chi connectivity index (χ0) is 26.5. The van der Waals surface area contributed by atoms with Gasteiger partial charge in [0.05, 0.1) is 28.4 Å². The molecule has 37 heavy (non-hydrogen) atoms. The van der Waals surface area contributed by atoms with Crippen LogP contribution in [0.1, 0.15) is 47.7 Å². The highest BCUT2D eigenvalue weighted by Crippen LogP contribution is 2.32. The van der Waals surface area contributed by atoms with Gasteiger partial charge in [0.15, 0.2) is 0 Å². The molecule has 4 aromatic rings. The predicted molar refractivity (Wildman–Crippen MR) is 145 cm³/mol. The molecule has 0 atom stereocenters. The molecule has 1 N–H and O–H groups in total. The number of hydrogen-bond acceptors (Lipinski definition) is 4. The third kappa shape index (κ3) is 6.45. The second-order valence-corrected chi connectivity index (χ2v) is 9.88. The van der Waals surface area contributed by atoms with Crippen molar-refractivity contribution in [2.45, 2.75) is 46.3 Å². The molecule has 1 aromatic heterocycles. The molecule has 0 saturated carbocycles. The van der Waals surface area contributed by atoms with Gasteiger partial charge in [-0.15, -0.1) is 0 Å². The molecule has 0 radical (unpaired) electrons. The zero-order valence-electron chi connectivity index (χ0n) is 20.9. The van der Waals surface area contributed by atoms with Crippen LogP contribution >= 0.6 is 23.2 Å². The smallest absolute Gasteiger partial charge is 0.307 e. The van der Waals surface area contributed by atoms with Crippen LogP contribution in [0.4, 0.5) is 0 Å². The number of benzene rings is 3. The number of para-hydroxylation sites is 1. The lowest BCUT2D eigenvalue weighted by atomic mass is 10.0. The first-order chi connectivity index (χ1) is 17.7. The molecule has 0 bridgehead atoms. The summed E-state index contributed by atoms with van der Waals surface area (Å²) in [6.07, 6.45) is 1.79. The highest BCUT2D eigenvalue weighted by atomic mass is 35.5. The lowest BCUT2D eigenvalue weighted by Gasteiger charge is -2.16. The molecular formula is C29H28Cl2N2O4. The van der Waals surface area contributed by atoms with Gasteiger partial charge in [-0.3, -0.25) is 4.79 Å². The van der Waals surface area contributed by atoms with Crippen LogP contribution in [0.5, 0.6) is 11.5 Å². The van der Waals surface area contributed by atoms with Crippen LogP contribution in [0.2, 0.25) is 10.0 Å². The number of aryl methyl sites for hydroxylation is 1. The van der Waals surface area contributed by atoms with Crippen molar-refractivity contribution in [1.82, 2.24) is 9.78 Å². The van der Waals surface area contributed by atoms with Crippen molar-refractivity contribution in [2.75, 3.05) is 0 Å². The van der Waals surface area contributed by atoms with Crippen molar-refractivity contribution < 1.29 is 19.4 Å². The fourth-order valence-electron chi connectivity index (χ4n) is 4.05. The maximum atomic E-state index is 11.0. The molecule has 3 aromatic carbocycles. The van der Waals surface area contributed by atoms with Gasteiger partial charge in [-0.1, -0.05) is 61.3 Å². The molecule has 0 amide bonds. The van der Waals surface area contributed by atoms with Crippen molar-refractivity contribution in [2.24, 2.45) is 0 Å². The van der Waals surface area contributed by atoms with Crippen molar-refractivity contribution in [3.05, 3.63) is 105 Å². The van der Waals surface area contributed by atoms with E-state index >= 15 is 0 Å². The number of halogens is 2. The summed E-state index contributed by atoms with van der Waals surface area (Å²) in [5.74, 6) is 0.717. The first-order valence-corrected chi connectivity index (χ1v) is 12.7. The Balaban J connectivity index is 1.48. The molecular weight excluding hydrogens is 511 g/mol. The van der Waals surface area contributed by atoms with E-state index in [1.807, 2.05) is 37.4 Å². The number of carboxylic acid groups (broad SMARTS) is 1. The van der Waals surface area contributed by atoms with Crippen molar-refractivity contribution >= 4 is 29.2 Å². The standard InChI is InChI=1S/C29H28Cl2N2O4/c1-18(2)24-15-32-33(29-25(30)8-5-9-26(29)31)27(24)17-37-23-11-10-21(19(3)12-23)16-36-22-7-4-6-20(13-22)14-28(34)35/h4-13,15,18H,14,16-17H2,1-3H3,(H,34,35). The molecule has 0 spiro atoms. The number of ether oxygens (including phenoxy) is 2. The fourth-order valence-corrected chi connectivity index (χ4v) is 4.61. The number of hydrogen-bond donors (Lipinski definition) is 1. The quantitative estimate of drug-likeness (QED) is 0.227. The predicted octanol–water partition coefficient (Wildman–Crippen LogP) is 7.40. The van der Waals surface area contributed by atoms with E-state index in [1.165, 1.54) is 0 Å². The van der Waals surface area contributed by atoms with Gasteiger partial charge < -0.3 is 14.6 Å². The maximum absolute atomic E-state index is 11.0. The van der Waals surface area contributed by atoms with Crippen LogP contribution in [-0.4, -0.2) is 20.9 Å². The Morgan fingerprint density at radius 3 is 2.32 bits per heavy atom. The van der Waals surface area contributed by atoms with Gasteiger partial charge >= 0.3 is 5.97 Å². The lowest BCUT2D eigenvalue weighted by molar-refractivity contribution is -0.136. The lowest BCUT2D eigenvalue weighted by Crippen LogP contribution is -2.09. The average molecular weight is 539 g/mol. The summed E-state index contributed by atoms with van der Waals surface area (Å²) < 4.78 is 13.9. The normalized spacial score (nSPS) is 11.1. The summed E-state index contributed by atoms with van der Waals surface area (Å²) in [4.78, 5) is 11.0. The Morgan fingerprint density at radius 2 is 1.65 bits per heavy atom. The molecule has 192 valence electrons. The van der Waals surface area contributed by atoms with E-state index < -0.39 is 5.97 Å². The van der Waals surface area contributed by atoms with E-state index in [0.29, 0.717) is 40.3 Å². The minimum absolute atomic E-state index is 0.0393. The van der Waals surface area contributed by atoms with Gasteiger partial charge in [0.2, 0.25) is 0 Å². The summed E-state index contributed by atoms with van der Waals surface area (Å²) in [6, 6.07) is 18.4. The molecule has 0 aliphatic rings. The molecule has 4 rings (SSSR count). The number of carbonyl (C=O) groups is 1. The Hall–Kier alpha value is -3.48. The summed E-state index contributed by atoms with van der Waals surface area (Å²) in [7, 11) is 0. The molecule has 0 unspecified atom stereocenters. The average Bonchev–Trinajstić information content (AvgIpc) is 3.25. The summed E-state index contributed by atoms with van der Waals surface area (Å²) >= 11 is 12.9. The van der Waals surface area contributed by atoms with Gasteiger partial charge in [0, 0.05) is 0 Å². The third-order valence-corrected chi connectivity index (χ3v) is 6.62. The van der Waals surface area contributed by atoms with E-state index in [1.54, 1.807) is 41.1 Å². The van der Waals surface area contributed by atoms with E-state index in [-0.39, 0.29) is 12.3 Å². The molecule has 0 aliphatic heterocycles. The van der Waals surface area contributed by atoms with Gasteiger partial charge in [-0.05, 0) is 71.5 Å². The van der Waals surface area contributed by atoms with E-state index in [9.17, 15) is 4.79 Å². The number of aliphatic carboxylic acids is 1. The summed E-state index contributed by atoms with van der Waals surface area (Å²) in [6.45, 7) is 6.86. The third-order valence-electron chi connectivity index (χ3n) is 6.01. The summed E-state index contributed by atoms with van der Waals surface area (Å²) in [5.41, 5.74) is 5.30. The topological polar surface area (TPSA) is 73.6 Å². The van der Waals surface area contributed by atoms with Crippen LogP contribution in [0.15, 0.2) is 66.9 Å². The van der Waals surface area contributed by atoms with Gasteiger partial charge in [-0.25, -0.2) is 4.68 Å². The zero-order valence-corrected chi connectivity index (χ0v) is 22.4. The Bertz CT molecular complexity index is 1390. The maximum Gasteiger partial charge on any atom is 0.307 e. The Labute approximate surface area is 226 Å². The highest BCUT2D eigenvalue weighted by molar-refractivity contribution is 6.37. The number of aromatic nitrogens is 2. The van der Waals surface area contributed by atoms with E-state index in [0.717, 1.165) is 28.1 Å². The molecule has 6 nitrogen and oxygen atoms in total. The first-order valence-electron chi connectivity index (χ1n) is 11.9. The Morgan fingerprint density at radius 1 is 0.973 bits per heavy atom. The number of carboxylic acids is 1. The largest absolute Gasteiger partial charge is 0.489 e. The van der Waals surface area contributed by atoms with Crippen molar-refractivity contribution in [1.29, 1.82) is 0 Å². The summed E-state index contributed by atoms with van der Waals surface area (Å²) in [5, 5.41) is 14.6.